The van der Waals surface area contributed by atoms with E-state index >= 15 is 0 Å². The van der Waals surface area contributed by atoms with Gasteiger partial charge in [-0.3, -0.25) is 9.59 Å². The molecule has 0 saturated heterocycles. The van der Waals surface area contributed by atoms with Gasteiger partial charge in [-0.15, -0.1) is 0 Å². The Balaban J connectivity index is 2.03. The van der Waals surface area contributed by atoms with E-state index in [-0.39, 0.29) is 11.6 Å². The van der Waals surface area contributed by atoms with E-state index in [1.54, 1.807) is 12.2 Å². The zero-order valence-corrected chi connectivity index (χ0v) is 8.11. The molecule has 0 radical (unpaired) electrons. The highest BCUT2D eigenvalue weighted by atomic mass is 16.1. The van der Waals surface area contributed by atoms with Crippen LogP contribution in [0.1, 0.15) is 25.7 Å². The molecule has 0 aliphatic heterocycles. The molecule has 0 bridgehead atoms. The molecule has 0 amide bonds. The van der Waals surface area contributed by atoms with Gasteiger partial charge in [0.2, 0.25) is 0 Å². The summed E-state index contributed by atoms with van der Waals surface area (Å²) in [6.07, 6.45) is 10.6. The maximum absolute atomic E-state index is 11.0. The van der Waals surface area contributed by atoms with Crippen molar-refractivity contribution in [2.45, 2.75) is 25.7 Å². The Bertz CT molecular complexity index is 280. The zero-order valence-electron chi connectivity index (χ0n) is 8.11. The van der Waals surface area contributed by atoms with E-state index in [2.05, 4.69) is 0 Å². The van der Waals surface area contributed by atoms with Gasteiger partial charge in [-0.25, -0.2) is 0 Å². The van der Waals surface area contributed by atoms with Crippen LogP contribution < -0.4 is 0 Å². The van der Waals surface area contributed by atoms with Crippen LogP contribution in [0.3, 0.4) is 0 Å². The lowest BCUT2D eigenvalue weighted by molar-refractivity contribution is -0.116. The first-order valence-electron chi connectivity index (χ1n) is 5.18. The number of carbonyl (C=O) groups excluding carboxylic acids is 2. The number of hydrogen-bond acceptors (Lipinski definition) is 2. The molecule has 2 unspecified atom stereocenters. The van der Waals surface area contributed by atoms with Crippen LogP contribution in [0.2, 0.25) is 0 Å². The predicted molar refractivity (Wildman–Crippen MR) is 53.7 cm³/mol. The Kier molecular flexibility index (Phi) is 2.62. The largest absolute Gasteiger partial charge is 0.295 e. The molecule has 0 fully saturated rings. The Morgan fingerprint density at radius 2 is 1.29 bits per heavy atom. The van der Waals surface area contributed by atoms with Crippen molar-refractivity contribution in [2.75, 3.05) is 0 Å². The first-order chi connectivity index (χ1) is 6.75. The van der Waals surface area contributed by atoms with E-state index in [0.29, 0.717) is 24.7 Å². The van der Waals surface area contributed by atoms with E-state index in [1.165, 1.54) is 0 Å². The molecule has 0 heterocycles. The van der Waals surface area contributed by atoms with Crippen molar-refractivity contribution >= 4 is 11.6 Å². The molecule has 0 aromatic heterocycles. The SMILES string of the molecule is O=C1C=CC(C2C=CC(=O)CC2)CC1. The van der Waals surface area contributed by atoms with Gasteiger partial charge in [-0.2, -0.15) is 0 Å². The quantitative estimate of drug-likeness (QED) is 0.634. The van der Waals surface area contributed by atoms with Gasteiger partial charge in [0.15, 0.2) is 11.6 Å². The van der Waals surface area contributed by atoms with Gasteiger partial charge in [0.05, 0.1) is 0 Å². The Morgan fingerprint density at radius 1 is 0.857 bits per heavy atom. The van der Waals surface area contributed by atoms with Crippen LogP contribution in [0.5, 0.6) is 0 Å². The van der Waals surface area contributed by atoms with Gasteiger partial charge in [-0.1, -0.05) is 12.2 Å². The van der Waals surface area contributed by atoms with Crippen LogP contribution >= 0.6 is 0 Å². The maximum atomic E-state index is 11.0. The number of allylic oxidation sites excluding steroid dienone is 4. The van der Waals surface area contributed by atoms with Gasteiger partial charge in [0, 0.05) is 12.8 Å². The lowest BCUT2D eigenvalue weighted by Gasteiger charge is -2.25. The van der Waals surface area contributed by atoms with Crippen molar-refractivity contribution in [3.05, 3.63) is 24.3 Å². The van der Waals surface area contributed by atoms with Gasteiger partial charge >= 0.3 is 0 Å². The van der Waals surface area contributed by atoms with Crippen LogP contribution in [-0.4, -0.2) is 11.6 Å². The highest BCUT2D eigenvalue weighted by molar-refractivity contribution is 5.91. The summed E-state index contributed by atoms with van der Waals surface area (Å²) >= 11 is 0. The first-order valence-corrected chi connectivity index (χ1v) is 5.18. The van der Waals surface area contributed by atoms with Crippen molar-refractivity contribution in [1.82, 2.24) is 0 Å². The van der Waals surface area contributed by atoms with Crippen LogP contribution in [0.4, 0.5) is 0 Å². The van der Waals surface area contributed by atoms with Gasteiger partial charge in [0.1, 0.15) is 0 Å². The fourth-order valence-corrected chi connectivity index (χ4v) is 2.15. The average Bonchev–Trinajstić information content (AvgIpc) is 2.21. The smallest absolute Gasteiger partial charge is 0.155 e. The van der Waals surface area contributed by atoms with Gasteiger partial charge in [0.25, 0.3) is 0 Å². The minimum absolute atomic E-state index is 0.233. The summed E-state index contributed by atoms with van der Waals surface area (Å²) in [7, 11) is 0. The van der Waals surface area contributed by atoms with Crippen molar-refractivity contribution in [3.63, 3.8) is 0 Å². The van der Waals surface area contributed by atoms with E-state index in [1.807, 2.05) is 12.2 Å². The Hall–Kier alpha value is -1.18. The molecule has 2 aliphatic carbocycles. The summed E-state index contributed by atoms with van der Waals surface area (Å²) in [5.74, 6) is 1.41. The average molecular weight is 190 g/mol. The molecular formula is C12H14O2. The first kappa shape index (κ1) is 9.38. The summed E-state index contributed by atoms with van der Waals surface area (Å²) in [6, 6.07) is 0. The third kappa shape index (κ3) is 2.00. The van der Waals surface area contributed by atoms with Crippen molar-refractivity contribution in [1.29, 1.82) is 0 Å². The maximum Gasteiger partial charge on any atom is 0.155 e. The Labute approximate surface area is 83.7 Å². The highest BCUT2D eigenvalue weighted by Gasteiger charge is 2.23. The van der Waals surface area contributed by atoms with E-state index in [9.17, 15) is 9.59 Å². The summed E-state index contributed by atoms with van der Waals surface area (Å²) < 4.78 is 0. The predicted octanol–water partition coefficient (Wildman–Crippen LogP) is 2.06. The second-order valence-corrected chi connectivity index (χ2v) is 4.06. The third-order valence-corrected chi connectivity index (χ3v) is 3.06. The lowest BCUT2D eigenvalue weighted by Crippen LogP contribution is -2.19. The van der Waals surface area contributed by atoms with E-state index in [4.69, 9.17) is 0 Å². The molecule has 0 spiro atoms. The van der Waals surface area contributed by atoms with E-state index < -0.39 is 0 Å². The van der Waals surface area contributed by atoms with Crippen LogP contribution in [-0.2, 0) is 9.59 Å². The van der Waals surface area contributed by atoms with Gasteiger partial charge in [-0.05, 0) is 36.8 Å². The standard InChI is InChI=1S/C12H14O2/c13-11-5-1-9(2-6-11)10-3-7-12(14)8-4-10/h1,3,5,7,9-10H,2,4,6,8H2. The summed E-state index contributed by atoms with van der Waals surface area (Å²) in [5, 5.41) is 0. The number of carbonyl (C=O) groups is 2. The summed E-state index contributed by atoms with van der Waals surface area (Å²) in [6.45, 7) is 0. The molecule has 2 heteroatoms. The molecule has 74 valence electrons. The molecular weight excluding hydrogens is 176 g/mol. The number of rotatable bonds is 1. The van der Waals surface area contributed by atoms with E-state index in [0.717, 1.165) is 12.8 Å². The van der Waals surface area contributed by atoms with Crippen LogP contribution in [0.25, 0.3) is 0 Å². The Morgan fingerprint density at radius 3 is 1.57 bits per heavy atom. The second kappa shape index (κ2) is 3.91. The van der Waals surface area contributed by atoms with Gasteiger partial charge < -0.3 is 0 Å². The number of hydrogen-bond donors (Lipinski definition) is 0. The fourth-order valence-electron chi connectivity index (χ4n) is 2.15. The minimum atomic E-state index is 0.233. The summed E-state index contributed by atoms with van der Waals surface area (Å²) in [5.41, 5.74) is 0. The number of ketones is 2. The molecule has 2 rings (SSSR count). The minimum Gasteiger partial charge on any atom is -0.295 e. The molecule has 0 aromatic rings. The third-order valence-electron chi connectivity index (χ3n) is 3.06. The second-order valence-electron chi connectivity index (χ2n) is 4.06. The molecule has 2 atom stereocenters. The van der Waals surface area contributed by atoms with Crippen molar-refractivity contribution in [3.8, 4) is 0 Å². The van der Waals surface area contributed by atoms with Crippen LogP contribution in [0.15, 0.2) is 24.3 Å². The molecule has 0 aromatic carbocycles. The van der Waals surface area contributed by atoms with Crippen molar-refractivity contribution in [2.24, 2.45) is 11.8 Å². The monoisotopic (exact) mass is 190 g/mol. The van der Waals surface area contributed by atoms with Crippen LogP contribution in [0, 0.1) is 11.8 Å². The lowest BCUT2D eigenvalue weighted by atomic mass is 9.79. The molecule has 2 nitrogen and oxygen atoms in total. The fraction of sp³-hybridized carbons (Fsp3) is 0.500. The molecule has 0 saturated carbocycles. The molecule has 2 aliphatic rings. The zero-order chi connectivity index (χ0) is 9.97. The summed E-state index contributed by atoms with van der Waals surface area (Å²) in [4.78, 5) is 22.0. The van der Waals surface area contributed by atoms with Crippen molar-refractivity contribution < 1.29 is 9.59 Å². The normalized spacial score (nSPS) is 32.3. The molecule has 14 heavy (non-hydrogen) atoms. The highest BCUT2D eigenvalue weighted by Crippen LogP contribution is 2.30. The topological polar surface area (TPSA) is 34.1 Å². The molecule has 0 N–H and O–H groups in total.